The molecule has 1 atom stereocenters. The zero-order chi connectivity index (χ0) is 20.1. The summed E-state index contributed by atoms with van der Waals surface area (Å²) in [7, 11) is 1.89. The molecule has 0 saturated carbocycles. The summed E-state index contributed by atoms with van der Waals surface area (Å²) in [6.07, 6.45) is 0. The predicted octanol–water partition coefficient (Wildman–Crippen LogP) is 1.64. The minimum Gasteiger partial charge on any atom is -0.360 e. The van der Waals surface area contributed by atoms with Crippen molar-refractivity contribution in [1.82, 2.24) is 4.90 Å². The highest BCUT2D eigenvalue weighted by Gasteiger charge is 2.31. The van der Waals surface area contributed by atoms with Crippen LogP contribution in [0, 0.1) is 0 Å². The second-order valence-electron chi connectivity index (χ2n) is 7.65. The Kier molecular flexibility index (Phi) is 6.47. The molecule has 2 aromatic rings. The number of amides is 1. The van der Waals surface area contributed by atoms with Gasteiger partial charge in [0.15, 0.2) is 11.8 Å². The number of carbonyl (C=O) groups excluding carboxylic acids is 2. The molecule has 0 spiro atoms. The van der Waals surface area contributed by atoms with Gasteiger partial charge in [-0.15, -0.1) is 0 Å². The number of ketones is 1. The number of nitrogens with zero attached hydrogens (tertiary/aromatic N) is 2. The van der Waals surface area contributed by atoms with Gasteiger partial charge >= 0.3 is 0 Å². The fourth-order valence-electron chi connectivity index (χ4n) is 3.83. The molecule has 1 heterocycles. The van der Waals surface area contributed by atoms with Gasteiger partial charge in [-0.1, -0.05) is 30.3 Å². The van der Waals surface area contributed by atoms with Gasteiger partial charge in [0, 0.05) is 24.8 Å². The Bertz CT molecular complexity index is 796. The number of hydrogen-bond donors (Lipinski definition) is 1. The average Bonchev–Trinajstić information content (AvgIpc) is 2.73. The third kappa shape index (κ3) is 4.78. The Morgan fingerprint density at radius 1 is 1.04 bits per heavy atom. The van der Waals surface area contributed by atoms with Crippen molar-refractivity contribution in [3.63, 3.8) is 0 Å². The fourth-order valence-corrected chi connectivity index (χ4v) is 3.83. The number of likely N-dealkylation sites (N-methyl/N-ethyl adjacent to an activating group) is 1. The van der Waals surface area contributed by atoms with Crippen LogP contribution >= 0.6 is 0 Å². The lowest BCUT2D eigenvalue weighted by atomic mass is 10.1. The molecular formula is C23H30N3O2+. The van der Waals surface area contributed by atoms with E-state index in [1.54, 1.807) is 6.92 Å². The molecule has 1 fully saturated rings. The van der Waals surface area contributed by atoms with Crippen LogP contribution < -0.4 is 9.80 Å². The number of Topliss-reactive ketones (excluding diaryl/α,β-unsaturated/α-hetero) is 1. The minimum atomic E-state index is -0.0454. The first-order chi connectivity index (χ1) is 13.5. The zero-order valence-electron chi connectivity index (χ0n) is 17.0. The number of rotatable bonds is 6. The molecule has 1 saturated heterocycles. The minimum absolute atomic E-state index is 0.0454. The molecule has 1 amide bonds. The van der Waals surface area contributed by atoms with E-state index >= 15 is 0 Å². The van der Waals surface area contributed by atoms with Crippen molar-refractivity contribution >= 4 is 17.4 Å². The second kappa shape index (κ2) is 9.02. The Hall–Kier alpha value is -2.66. The van der Waals surface area contributed by atoms with Gasteiger partial charge < -0.3 is 14.7 Å². The lowest BCUT2D eigenvalue weighted by molar-refractivity contribution is -0.915. The maximum Gasteiger partial charge on any atom is 0.280 e. The quantitative estimate of drug-likeness (QED) is 0.775. The first-order valence-electron chi connectivity index (χ1n) is 9.95. The van der Waals surface area contributed by atoms with E-state index in [0.717, 1.165) is 43.0 Å². The Morgan fingerprint density at radius 3 is 2.21 bits per heavy atom. The van der Waals surface area contributed by atoms with E-state index in [-0.39, 0.29) is 17.7 Å². The Morgan fingerprint density at radius 2 is 1.64 bits per heavy atom. The topological polar surface area (TPSA) is 45.1 Å². The molecule has 5 heteroatoms. The standard InChI is InChI=1S/C23H29N3O2/c1-18(23(28)24(3)17-20-7-5-4-6-8-20)25-13-15-26(16-14-25)22-11-9-21(10-12-22)19(2)27/h4-12,18H,13-17H2,1-3H3/p+1/t18-/m1/s1. The Balaban J connectivity index is 1.53. The third-order valence-corrected chi connectivity index (χ3v) is 5.67. The van der Waals surface area contributed by atoms with Gasteiger partial charge in [-0.2, -0.15) is 0 Å². The lowest BCUT2D eigenvalue weighted by Gasteiger charge is -2.37. The normalized spacial score (nSPS) is 15.9. The molecule has 28 heavy (non-hydrogen) atoms. The molecule has 1 aliphatic heterocycles. The maximum atomic E-state index is 12.9. The van der Waals surface area contributed by atoms with Crippen LogP contribution in [0.2, 0.25) is 0 Å². The number of quaternary nitrogens is 1. The van der Waals surface area contributed by atoms with Gasteiger partial charge in [0.2, 0.25) is 0 Å². The van der Waals surface area contributed by atoms with Gasteiger partial charge in [-0.05, 0) is 43.7 Å². The molecule has 148 valence electrons. The van der Waals surface area contributed by atoms with E-state index in [1.165, 1.54) is 4.90 Å². The number of hydrogen-bond acceptors (Lipinski definition) is 3. The highest BCUT2D eigenvalue weighted by Crippen LogP contribution is 2.15. The Labute approximate surface area is 167 Å². The molecule has 1 aliphatic rings. The average molecular weight is 381 g/mol. The van der Waals surface area contributed by atoms with Crippen molar-refractivity contribution in [2.75, 3.05) is 38.1 Å². The monoisotopic (exact) mass is 380 g/mol. The smallest absolute Gasteiger partial charge is 0.280 e. The summed E-state index contributed by atoms with van der Waals surface area (Å²) in [4.78, 5) is 29.8. The van der Waals surface area contributed by atoms with E-state index in [0.29, 0.717) is 6.54 Å². The molecule has 0 unspecified atom stereocenters. The van der Waals surface area contributed by atoms with Crippen LogP contribution in [-0.2, 0) is 11.3 Å². The zero-order valence-corrected chi connectivity index (χ0v) is 17.0. The number of carbonyl (C=O) groups is 2. The van der Waals surface area contributed by atoms with E-state index in [1.807, 2.05) is 61.3 Å². The molecule has 1 N–H and O–H groups in total. The van der Waals surface area contributed by atoms with Gasteiger partial charge in [0.25, 0.3) is 5.91 Å². The molecule has 0 aliphatic carbocycles. The molecule has 5 nitrogen and oxygen atoms in total. The summed E-state index contributed by atoms with van der Waals surface area (Å²) in [6, 6.07) is 17.9. The first kappa shape index (κ1) is 20.1. The summed E-state index contributed by atoms with van der Waals surface area (Å²) in [5, 5.41) is 0. The van der Waals surface area contributed by atoms with Crippen LogP contribution in [0.5, 0.6) is 0 Å². The predicted molar refractivity (Wildman–Crippen MR) is 112 cm³/mol. The third-order valence-electron chi connectivity index (χ3n) is 5.67. The fraction of sp³-hybridized carbons (Fsp3) is 0.391. The van der Waals surface area contributed by atoms with Gasteiger partial charge in [-0.3, -0.25) is 9.59 Å². The molecular weight excluding hydrogens is 350 g/mol. The van der Waals surface area contributed by atoms with E-state index in [9.17, 15) is 9.59 Å². The molecule has 3 rings (SSSR count). The molecule has 0 bridgehead atoms. The van der Waals surface area contributed by atoms with Crippen molar-refractivity contribution < 1.29 is 14.5 Å². The SMILES string of the molecule is CC(=O)c1ccc(N2CC[NH+]([C@H](C)C(=O)N(C)Cc3ccccc3)CC2)cc1. The van der Waals surface area contributed by atoms with Crippen LogP contribution in [0.4, 0.5) is 5.69 Å². The second-order valence-corrected chi connectivity index (χ2v) is 7.65. The van der Waals surface area contributed by atoms with Crippen LogP contribution in [0.15, 0.2) is 54.6 Å². The summed E-state index contributed by atoms with van der Waals surface area (Å²) in [5.74, 6) is 0.283. The summed E-state index contributed by atoms with van der Waals surface area (Å²) < 4.78 is 0. The molecule has 2 aromatic carbocycles. The number of benzene rings is 2. The summed E-state index contributed by atoms with van der Waals surface area (Å²) >= 11 is 0. The van der Waals surface area contributed by atoms with Crippen molar-refractivity contribution in [3.8, 4) is 0 Å². The molecule has 0 aromatic heterocycles. The lowest BCUT2D eigenvalue weighted by Crippen LogP contribution is -3.19. The van der Waals surface area contributed by atoms with Gasteiger partial charge in [-0.25, -0.2) is 0 Å². The van der Waals surface area contributed by atoms with E-state index in [4.69, 9.17) is 0 Å². The largest absolute Gasteiger partial charge is 0.360 e. The first-order valence-corrected chi connectivity index (χ1v) is 9.95. The van der Waals surface area contributed by atoms with Crippen molar-refractivity contribution in [2.24, 2.45) is 0 Å². The van der Waals surface area contributed by atoms with Crippen LogP contribution in [0.1, 0.15) is 29.8 Å². The number of piperazine rings is 1. The van der Waals surface area contributed by atoms with Crippen molar-refractivity contribution in [3.05, 3.63) is 65.7 Å². The van der Waals surface area contributed by atoms with Crippen molar-refractivity contribution in [2.45, 2.75) is 26.4 Å². The van der Waals surface area contributed by atoms with Gasteiger partial charge in [0.1, 0.15) is 0 Å². The number of anilines is 1. The van der Waals surface area contributed by atoms with E-state index < -0.39 is 0 Å². The van der Waals surface area contributed by atoms with Crippen LogP contribution in [0.25, 0.3) is 0 Å². The number of nitrogens with one attached hydrogen (secondary N) is 1. The van der Waals surface area contributed by atoms with Crippen LogP contribution in [0.3, 0.4) is 0 Å². The maximum absolute atomic E-state index is 12.9. The summed E-state index contributed by atoms with van der Waals surface area (Å²) in [6.45, 7) is 7.96. The highest BCUT2D eigenvalue weighted by atomic mass is 16.2. The molecule has 0 radical (unpaired) electrons. The van der Waals surface area contributed by atoms with Gasteiger partial charge in [0.05, 0.1) is 26.2 Å². The van der Waals surface area contributed by atoms with Crippen LogP contribution in [-0.4, -0.2) is 55.9 Å². The highest BCUT2D eigenvalue weighted by molar-refractivity contribution is 5.94. The van der Waals surface area contributed by atoms with E-state index in [2.05, 4.69) is 17.0 Å². The van der Waals surface area contributed by atoms with Crippen molar-refractivity contribution in [1.29, 1.82) is 0 Å². The summed E-state index contributed by atoms with van der Waals surface area (Å²) in [5.41, 5.74) is 3.04.